The van der Waals surface area contributed by atoms with Crippen molar-refractivity contribution in [2.24, 2.45) is 11.7 Å². The van der Waals surface area contributed by atoms with Crippen molar-refractivity contribution in [3.8, 4) is 0 Å². The Kier molecular flexibility index (Phi) is 33.9. The molecule has 0 radical (unpaired) electrons. The number of aliphatic hydroxyl groups excluding tert-OH is 1. The maximum Gasteiger partial charge on any atom is 0.306 e. The zero-order valence-electron chi connectivity index (χ0n) is 35.3. The predicted octanol–water partition coefficient (Wildman–Crippen LogP) is 13.0. The van der Waals surface area contributed by atoms with E-state index >= 15 is 0 Å². The molecule has 0 aliphatic heterocycles. The Morgan fingerprint density at radius 3 is 1.23 bits per heavy atom. The van der Waals surface area contributed by atoms with Crippen molar-refractivity contribution < 1.29 is 24.2 Å². The van der Waals surface area contributed by atoms with Crippen LogP contribution in [0.25, 0.3) is 0 Å². The van der Waals surface area contributed by atoms with Gasteiger partial charge >= 0.3 is 11.9 Å². The van der Waals surface area contributed by atoms with Crippen molar-refractivity contribution in [1.29, 1.82) is 0 Å². The fraction of sp³-hybridized carbons (Fsp3) is 0.870. The number of rotatable bonds is 37. The lowest BCUT2D eigenvalue weighted by Crippen LogP contribution is -2.56. The summed E-state index contributed by atoms with van der Waals surface area (Å²) >= 11 is 0. The van der Waals surface area contributed by atoms with E-state index in [4.69, 9.17) is 15.2 Å². The largest absolute Gasteiger partial charge is 0.459 e. The summed E-state index contributed by atoms with van der Waals surface area (Å²) in [4.78, 5) is 25.9. The minimum Gasteiger partial charge on any atom is -0.459 e. The molecule has 0 aliphatic carbocycles. The first-order chi connectivity index (χ1) is 25.1. The highest BCUT2D eigenvalue weighted by molar-refractivity contribution is 5.70. The number of carbonyl (C=O) groups excluding carboxylic acids is 2. The summed E-state index contributed by atoms with van der Waals surface area (Å²) in [7, 11) is 0. The molecule has 4 unspecified atom stereocenters. The van der Waals surface area contributed by atoms with Gasteiger partial charge in [0.05, 0.1) is 6.10 Å². The van der Waals surface area contributed by atoms with Gasteiger partial charge in [0.2, 0.25) is 0 Å². The SMILES string of the molecule is CCCCCCCCC=CCCCCCCCC(=O)OC(C)C(OC(=O)CCCCCCCC=CCCCCCCCC)C(C(O)CC)C(C)(C)N. The number of nitrogens with two attached hydrogens (primary N) is 1. The first-order valence-electron chi connectivity index (χ1n) is 22.2. The molecule has 0 aromatic heterocycles. The number of esters is 2. The molecule has 0 saturated carbocycles. The fourth-order valence-corrected chi connectivity index (χ4v) is 7.08. The zero-order valence-corrected chi connectivity index (χ0v) is 35.3. The van der Waals surface area contributed by atoms with Gasteiger partial charge in [-0.3, -0.25) is 9.59 Å². The third-order valence-electron chi connectivity index (χ3n) is 10.4. The molecule has 6 nitrogen and oxygen atoms in total. The third kappa shape index (κ3) is 29.8. The monoisotopic (exact) mass is 734 g/mol. The van der Waals surface area contributed by atoms with E-state index in [9.17, 15) is 14.7 Å². The Labute approximate surface area is 322 Å². The molecule has 0 spiro atoms. The molecule has 4 atom stereocenters. The molecular formula is C46H87NO5. The Morgan fingerprint density at radius 2 is 0.885 bits per heavy atom. The van der Waals surface area contributed by atoms with Gasteiger partial charge in [-0.25, -0.2) is 0 Å². The molecule has 0 rings (SSSR count). The Hall–Kier alpha value is -1.66. The number of carbonyl (C=O) groups is 2. The van der Waals surface area contributed by atoms with Gasteiger partial charge in [0.15, 0.2) is 0 Å². The Balaban J connectivity index is 4.49. The lowest BCUT2D eigenvalue weighted by atomic mass is 9.77. The quantitative estimate of drug-likeness (QED) is 0.0375. The molecule has 306 valence electrons. The summed E-state index contributed by atoms with van der Waals surface area (Å²) in [5, 5.41) is 11.0. The van der Waals surface area contributed by atoms with Crippen LogP contribution >= 0.6 is 0 Å². The first-order valence-corrected chi connectivity index (χ1v) is 22.2. The van der Waals surface area contributed by atoms with Crippen LogP contribution in [0.2, 0.25) is 0 Å². The minimum atomic E-state index is -0.840. The van der Waals surface area contributed by atoms with Crippen LogP contribution in [-0.2, 0) is 19.1 Å². The first kappa shape index (κ1) is 50.3. The molecule has 0 aromatic rings. The average Bonchev–Trinajstić information content (AvgIpc) is 3.10. The second-order valence-electron chi connectivity index (χ2n) is 16.1. The van der Waals surface area contributed by atoms with Gasteiger partial charge in [-0.05, 0) is 91.4 Å². The molecule has 3 N–H and O–H groups in total. The molecule has 0 aliphatic rings. The highest BCUT2D eigenvalue weighted by atomic mass is 16.6. The number of hydrogen-bond acceptors (Lipinski definition) is 6. The second-order valence-corrected chi connectivity index (χ2v) is 16.1. The predicted molar refractivity (Wildman–Crippen MR) is 222 cm³/mol. The van der Waals surface area contributed by atoms with E-state index in [1.165, 1.54) is 109 Å². The number of unbranched alkanes of at least 4 members (excludes halogenated alkanes) is 22. The summed E-state index contributed by atoms with van der Waals surface area (Å²) in [5.41, 5.74) is 5.70. The van der Waals surface area contributed by atoms with Crippen LogP contribution < -0.4 is 5.73 Å². The smallest absolute Gasteiger partial charge is 0.306 e. The molecule has 0 heterocycles. The number of ether oxygens (including phenoxy) is 2. The molecular weight excluding hydrogens is 647 g/mol. The van der Waals surface area contributed by atoms with Crippen LogP contribution in [0, 0.1) is 5.92 Å². The van der Waals surface area contributed by atoms with Crippen LogP contribution in [-0.4, -0.2) is 40.9 Å². The van der Waals surface area contributed by atoms with E-state index in [1.54, 1.807) is 6.92 Å². The highest BCUT2D eigenvalue weighted by Gasteiger charge is 2.43. The zero-order chi connectivity index (χ0) is 38.7. The molecule has 0 amide bonds. The van der Waals surface area contributed by atoms with Crippen LogP contribution in [0.3, 0.4) is 0 Å². The van der Waals surface area contributed by atoms with Crippen LogP contribution in [0.4, 0.5) is 0 Å². The number of aliphatic hydroxyl groups is 1. The van der Waals surface area contributed by atoms with E-state index in [0.717, 1.165) is 57.8 Å². The minimum absolute atomic E-state index is 0.289. The summed E-state index contributed by atoms with van der Waals surface area (Å²) in [5.74, 6) is -1.18. The van der Waals surface area contributed by atoms with Gasteiger partial charge in [-0.1, -0.05) is 148 Å². The van der Waals surface area contributed by atoms with Crippen molar-refractivity contribution in [1.82, 2.24) is 0 Å². The van der Waals surface area contributed by atoms with E-state index < -0.39 is 29.8 Å². The van der Waals surface area contributed by atoms with Crippen molar-refractivity contribution >= 4 is 11.9 Å². The maximum atomic E-state index is 13.1. The van der Waals surface area contributed by atoms with Gasteiger partial charge in [-0.15, -0.1) is 0 Å². The van der Waals surface area contributed by atoms with Crippen LogP contribution in [0.15, 0.2) is 24.3 Å². The average molecular weight is 734 g/mol. The summed E-state index contributed by atoms with van der Waals surface area (Å²) in [6.07, 6.45) is 39.4. The fourth-order valence-electron chi connectivity index (χ4n) is 7.08. The molecule has 52 heavy (non-hydrogen) atoms. The Bertz CT molecular complexity index is 878. The van der Waals surface area contributed by atoms with Crippen molar-refractivity contribution in [3.63, 3.8) is 0 Å². The number of allylic oxidation sites excluding steroid dienone is 4. The summed E-state index contributed by atoms with van der Waals surface area (Å²) < 4.78 is 11.8. The topological polar surface area (TPSA) is 98.8 Å². The maximum absolute atomic E-state index is 13.1. The molecule has 0 aromatic carbocycles. The standard InChI is InChI=1S/C46H87NO5/c1-7-10-12-14-16-18-20-22-24-26-28-30-32-34-36-38-42(49)51-40(4)45(44(41(48)9-3)46(5,6)47)52-43(50)39-37-35-33-31-29-27-25-23-21-19-17-15-13-11-8-2/h22-25,40-41,44-45,48H,7-21,26-39,47H2,1-6H3. The van der Waals surface area contributed by atoms with E-state index in [2.05, 4.69) is 38.2 Å². The van der Waals surface area contributed by atoms with Crippen molar-refractivity contribution in [2.45, 2.75) is 252 Å². The van der Waals surface area contributed by atoms with E-state index in [0.29, 0.717) is 19.3 Å². The molecule has 6 heteroatoms. The Morgan fingerprint density at radius 1 is 0.558 bits per heavy atom. The third-order valence-corrected chi connectivity index (χ3v) is 10.4. The molecule has 0 saturated heterocycles. The van der Waals surface area contributed by atoms with Crippen molar-refractivity contribution in [2.75, 3.05) is 0 Å². The lowest BCUT2D eigenvalue weighted by molar-refractivity contribution is -0.178. The molecule has 0 fully saturated rings. The van der Waals surface area contributed by atoms with Gasteiger partial charge in [0.1, 0.15) is 12.2 Å². The van der Waals surface area contributed by atoms with Crippen molar-refractivity contribution in [3.05, 3.63) is 24.3 Å². The van der Waals surface area contributed by atoms with Gasteiger partial charge < -0.3 is 20.3 Å². The lowest BCUT2D eigenvalue weighted by Gasteiger charge is -2.41. The molecule has 0 bridgehead atoms. The summed E-state index contributed by atoms with van der Waals surface area (Å²) in [6, 6.07) is 0. The number of hydrogen-bond donors (Lipinski definition) is 2. The highest BCUT2D eigenvalue weighted by Crippen LogP contribution is 2.30. The van der Waals surface area contributed by atoms with Gasteiger partial charge in [-0.2, -0.15) is 0 Å². The van der Waals surface area contributed by atoms with Crippen LogP contribution in [0.1, 0.15) is 228 Å². The van der Waals surface area contributed by atoms with E-state index in [1.807, 2.05) is 20.8 Å². The van der Waals surface area contributed by atoms with Crippen LogP contribution in [0.5, 0.6) is 0 Å². The van der Waals surface area contributed by atoms with E-state index in [-0.39, 0.29) is 11.9 Å². The van der Waals surface area contributed by atoms with Gasteiger partial charge in [0.25, 0.3) is 0 Å². The van der Waals surface area contributed by atoms with Gasteiger partial charge in [0, 0.05) is 24.3 Å². The normalized spacial score (nSPS) is 14.5. The summed E-state index contributed by atoms with van der Waals surface area (Å²) in [6.45, 7) is 11.8. The second kappa shape index (κ2) is 35.1.